The van der Waals surface area contributed by atoms with Crippen LogP contribution in [-0.2, 0) is 21.6 Å². The van der Waals surface area contributed by atoms with Crippen molar-refractivity contribution in [2.75, 3.05) is 20.3 Å². The third-order valence-corrected chi connectivity index (χ3v) is 7.66. The molecule has 0 aromatic carbocycles. The summed E-state index contributed by atoms with van der Waals surface area (Å²) in [6, 6.07) is 1.84. The van der Waals surface area contributed by atoms with Crippen LogP contribution < -0.4 is 5.32 Å². The van der Waals surface area contributed by atoms with Crippen molar-refractivity contribution in [2.45, 2.75) is 17.2 Å². The summed E-state index contributed by atoms with van der Waals surface area (Å²) < 4.78 is 20.5. The topological polar surface area (TPSA) is 71.4 Å². The summed E-state index contributed by atoms with van der Waals surface area (Å²) in [6.45, 7) is 0.951. The number of fused-ring (bicyclic) bond motifs is 1. The molecule has 9 heteroatoms. The molecule has 0 aliphatic carbocycles. The molecule has 2 aliphatic heterocycles. The molecule has 0 amide bonds. The van der Waals surface area contributed by atoms with Crippen molar-refractivity contribution in [3.05, 3.63) is 19.8 Å². The molecule has 1 aromatic heterocycles. The molecule has 3 rings (SSSR count). The minimum Gasteiger partial charge on any atom is -0.592 e. The first-order valence-corrected chi connectivity index (χ1v) is 9.15. The van der Waals surface area contributed by atoms with E-state index >= 15 is 0 Å². The molecule has 0 radical (unpaired) electrons. The Labute approximate surface area is 137 Å². The van der Waals surface area contributed by atoms with Crippen LogP contribution in [0.15, 0.2) is 9.85 Å². The Morgan fingerprint density at radius 1 is 1.75 bits per heavy atom. The van der Waals surface area contributed by atoms with E-state index in [2.05, 4.69) is 21.2 Å². The maximum atomic E-state index is 12.6. The summed E-state index contributed by atoms with van der Waals surface area (Å²) in [5.74, 6) is 0.155. The van der Waals surface area contributed by atoms with Crippen LogP contribution in [-0.4, -0.2) is 40.3 Å². The highest BCUT2D eigenvalue weighted by Gasteiger charge is 2.57. The molecule has 110 valence electrons. The Balaban J connectivity index is 2.11. The number of thiophene rings is 1. The zero-order chi connectivity index (χ0) is 14.5. The minimum absolute atomic E-state index is 0.155. The van der Waals surface area contributed by atoms with Crippen LogP contribution in [0.3, 0.4) is 0 Å². The summed E-state index contributed by atoms with van der Waals surface area (Å²) in [4.78, 5) is 0.922. The molecule has 2 saturated heterocycles. The van der Waals surface area contributed by atoms with E-state index < -0.39 is 16.9 Å². The monoisotopic (exact) mass is 397 g/mol. The highest BCUT2D eigenvalue weighted by atomic mass is 79.9. The number of halogens is 2. The van der Waals surface area contributed by atoms with Gasteiger partial charge < -0.3 is 14.6 Å². The molecule has 1 aromatic rings. The fourth-order valence-corrected chi connectivity index (χ4v) is 6.48. The van der Waals surface area contributed by atoms with Gasteiger partial charge in [0.15, 0.2) is 5.25 Å². The molecule has 0 spiro atoms. The summed E-state index contributed by atoms with van der Waals surface area (Å²) in [6.07, 6.45) is 0.645. The normalized spacial score (nSPS) is 33.8. The second-order valence-corrected chi connectivity index (χ2v) is 9.27. The fourth-order valence-electron chi connectivity index (χ4n) is 2.63. The Morgan fingerprint density at radius 2 is 2.50 bits per heavy atom. The van der Waals surface area contributed by atoms with Gasteiger partial charge in [0.1, 0.15) is 5.54 Å². The lowest BCUT2D eigenvalue weighted by atomic mass is 9.87. The first-order chi connectivity index (χ1) is 9.45. The largest absolute Gasteiger partial charge is 0.592 e. The lowest BCUT2D eigenvalue weighted by Gasteiger charge is -2.49. The van der Waals surface area contributed by atoms with Crippen LogP contribution in [0.2, 0.25) is 5.02 Å². The zero-order valence-corrected chi connectivity index (χ0v) is 14.6. The Bertz CT molecular complexity index is 558. The van der Waals surface area contributed by atoms with Crippen LogP contribution in [0.4, 0.5) is 0 Å². The molecule has 20 heavy (non-hydrogen) atoms. The molecule has 2 aliphatic rings. The number of hydrogen-bond acceptors (Lipinski definition) is 4. The van der Waals surface area contributed by atoms with Gasteiger partial charge in [0, 0.05) is 13.0 Å². The van der Waals surface area contributed by atoms with Gasteiger partial charge >= 0.3 is 0 Å². The van der Waals surface area contributed by atoms with E-state index in [-0.39, 0.29) is 11.2 Å². The summed E-state index contributed by atoms with van der Waals surface area (Å²) in [7, 11) is 1.65. The van der Waals surface area contributed by atoms with E-state index in [9.17, 15) is 4.55 Å². The molecule has 0 bridgehead atoms. The first-order valence-electron chi connectivity index (χ1n) is 6.00. The smallest absolute Gasteiger partial charge is 0.234 e. The van der Waals surface area contributed by atoms with Crippen molar-refractivity contribution in [3.63, 3.8) is 0 Å². The van der Waals surface area contributed by atoms with Crippen LogP contribution >= 0.6 is 38.9 Å². The quantitative estimate of drug-likeness (QED) is 0.712. The lowest BCUT2D eigenvalue weighted by molar-refractivity contribution is 0.0442. The maximum absolute atomic E-state index is 12.6. The van der Waals surface area contributed by atoms with Crippen LogP contribution in [0.25, 0.3) is 0 Å². The molecule has 2 fully saturated rings. The van der Waals surface area contributed by atoms with Gasteiger partial charge in [-0.15, -0.1) is 11.3 Å². The summed E-state index contributed by atoms with van der Waals surface area (Å²) in [5.41, 5.74) is -0.583. The Kier molecular flexibility index (Phi) is 3.98. The highest BCUT2D eigenvalue weighted by molar-refractivity contribution is 9.11. The molecule has 3 heterocycles. The Morgan fingerprint density at radius 3 is 3.15 bits per heavy atom. The molecular weight excluding hydrogens is 386 g/mol. The standard InChI is InChI=1S/C11H13BrClN3O2S2/c1-16-10(14)15-11(9-6(13)4-8(12)19-9)2-3-18-5-7(11)20(16)17/h4,7H,2-3,5H2,1H3,(H2,14,15). The van der Waals surface area contributed by atoms with E-state index in [1.807, 2.05) is 6.07 Å². The van der Waals surface area contributed by atoms with Crippen LogP contribution in [0.5, 0.6) is 0 Å². The number of rotatable bonds is 1. The van der Waals surface area contributed by atoms with Crippen molar-refractivity contribution >= 4 is 56.2 Å². The van der Waals surface area contributed by atoms with Gasteiger partial charge in [-0.05, 0) is 22.0 Å². The van der Waals surface area contributed by atoms with Gasteiger partial charge in [-0.2, -0.15) is 4.31 Å². The molecule has 0 saturated carbocycles. The van der Waals surface area contributed by atoms with Gasteiger partial charge in [-0.3, -0.25) is 5.41 Å². The molecule has 2 N–H and O–H groups in total. The predicted octanol–water partition coefficient (Wildman–Crippen LogP) is 2.28. The van der Waals surface area contributed by atoms with Crippen molar-refractivity contribution in [1.82, 2.24) is 9.62 Å². The van der Waals surface area contributed by atoms with Crippen molar-refractivity contribution in [2.24, 2.45) is 0 Å². The first kappa shape index (κ1) is 14.9. The number of nitrogens with one attached hydrogen (secondary N) is 2. The van der Waals surface area contributed by atoms with E-state index in [0.717, 1.165) is 8.66 Å². The van der Waals surface area contributed by atoms with Crippen LogP contribution in [0, 0.1) is 5.41 Å². The number of guanidine groups is 1. The second kappa shape index (κ2) is 5.33. The SMILES string of the molecule is CN1C(=N)NC2(c3sc(Br)cc3Cl)CCOCC2[S+]1[O-]. The number of nitrogens with zero attached hydrogens (tertiary/aromatic N) is 1. The van der Waals surface area contributed by atoms with Gasteiger partial charge in [0.2, 0.25) is 5.96 Å². The van der Waals surface area contributed by atoms with E-state index in [1.54, 1.807) is 7.05 Å². The van der Waals surface area contributed by atoms with Crippen molar-refractivity contribution < 1.29 is 9.29 Å². The summed E-state index contributed by atoms with van der Waals surface area (Å²) in [5, 5.41) is 11.6. The minimum atomic E-state index is -1.32. The van der Waals surface area contributed by atoms with Gasteiger partial charge in [-0.25, -0.2) is 0 Å². The third-order valence-electron chi connectivity index (χ3n) is 3.69. The molecular formula is C11H13BrClN3O2S2. The van der Waals surface area contributed by atoms with Crippen LogP contribution in [0.1, 0.15) is 11.3 Å². The van der Waals surface area contributed by atoms with E-state index in [4.69, 9.17) is 21.7 Å². The summed E-state index contributed by atoms with van der Waals surface area (Å²) >= 11 is 9.98. The average molecular weight is 399 g/mol. The second-order valence-electron chi connectivity index (χ2n) is 4.76. The van der Waals surface area contributed by atoms with Crippen molar-refractivity contribution in [3.8, 4) is 0 Å². The molecule has 5 nitrogen and oxygen atoms in total. The highest BCUT2D eigenvalue weighted by Crippen LogP contribution is 2.47. The molecule has 3 atom stereocenters. The lowest BCUT2D eigenvalue weighted by Crippen LogP contribution is -2.69. The van der Waals surface area contributed by atoms with E-state index in [1.165, 1.54) is 15.6 Å². The zero-order valence-electron chi connectivity index (χ0n) is 10.6. The van der Waals surface area contributed by atoms with Gasteiger partial charge in [0.25, 0.3) is 0 Å². The fraction of sp³-hybridized carbons (Fsp3) is 0.545. The van der Waals surface area contributed by atoms with Crippen molar-refractivity contribution in [1.29, 1.82) is 5.41 Å². The van der Waals surface area contributed by atoms with E-state index in [0.29, 0.717) is 24.7 Å². The average Bonchev–Trinajstić information content (AvgIpc) is 2.76. The van der Waals surface area contributed by atoms with Gasteiger partial charge in [0.05, 0.1) is 38.7 Å². The Hall–Kier alpha value is 0.01000. The molecule has 3 unspecified atom stereocenters. The predicted molar refractivity (Wildman–Crippen MR) is 84.7 cm³/mol. The number of hydrogen-bond donors (Lipinski definition) is 2. The number of ether oxygens (including phenoxy) is 1. The third kappa shape index (κ3) is 2.17. The van der Waals surface area contributed by atoms with Gasteiger partial charge in [-0.1, -0.05) is 11.6 Å². The maximum Gasteiger partial charge on any atom is 0.234 e.